The highest BCUT2D eigenvalue weighted by molar-refractivity contribution is 7.22. The van der Waals surface area contributed by atoms with Gasteiger partial charge >= 0.3 is 5.91 Å². The maximum atomic E-state index is 13.6. The number of hydrogen-bond acceptors (Lipinski definition) is 7. The maximum Gasteiger partial charge on any atom is 0.301 e. The Balaban J connectivity index is 1.50. The topological polar surface area (TPSA) is 89.0 Å². The molecule has 6 rings (SSSR count). The number of aliphatic hydroxyl groups excluding tert-OH is 1. The number of aromatic nitrogens is 1. The van der Waals surface area contributed by atoms with Crippen molar-refractivity contribution in [3.05, 3.63) is 88.5 Å². The number of carbonyl (C=O) groups is 2. The highest BCUT2D eigenvalue weighted by Gasteiger charge is 2.48. The van der Waals surface area contributed by atoms with Gasteiger partial charge in [-0.1, -0.05) is 42.5 Å². The molecule has 2 unspecified atom stereocenters. The first-order valence-electron chi connectivity index (χ1n) is 13.1. The molecule has 0 spiro atoms. The normalized spacial score (nSPS) is 19.9. The summed E-state index contributed by atoms with van der Waals surface area (Å²) in [6.45, 7) is 6.50. The van der Waals surface area contributed by atoms with E-state index in [0.29, 0.717) is 35.0 Å². The third-order valence-corrected chi connectivity index (χ3v) is 8.20. The molecular formula is C31H28N2O5S. The van der Waals surface area contributed by atoms with E-state index >= 15 is 0 Å². The lowest BCUT2D eigenvalue weighted by molar-refractivity contribution is -0.132. The third kappa shape index (κ3) is 4.34. The van der Waals surface area contributed by atoms with Crippen LogP contribution in [0, 0.1) is 0 Å². The summed E-state index contributed by atoms with van der Waals surface area (Å²) in [5.41, 5.74) is 4.04. The monoisotopic (exact) mass is 540 g/mol. The van der Waals surface area contributed by atoms with Gasteiger partial charge in [-0.25, -0.2) is 4.98 Å². The Hall–Kier alpha value is -4.17. The van der Waals surface area contributed by atoms with Gasteiger partial charge in [0.2, 0.25) is 0 Å². The van der Waals surface area contributed by atoms with Crippen molar-refractivity contribution in [2.75, 3.05) is 11.5 Å². The molecule has 1 fully saturated rings. The molecule has 7 nitrogen and oxygen atoms in total. The Morgan fingerprint density at radius 2 is 1.90 bits per heavy atom. The van der Waals surface area contributed by atoms with E-state index < -0.39 is 17.7 Å². The second-order valence-corrected chi connectivity index (χ2v) is 10.8. The number of aryl methyl sites for hydroxylation is 1. The van der Waals surface area contributed by atoms with E-state index in [-0.39, 0.29) is 17.4 Å². The van der Waals surface area contributed by atoms with Gasteiger partial charge in [0.05, 0.1) is 28.4 Å². The fourth-order valence-electron chi connectivity index (χ4n) is 5.26. The molecule has 1 aromatic heterocycles. The summed E-state index contributed by atoms with van der Waals surface area (Å²) in [4.78, 5) is 33.3. The van der Waals surface area contributed by atoms with Crippen LogP contribution in [0.2, 0.25) is 0 Å². The summed E-state index contributed by atoms with van der Waals surface area (Å²) >= 11 is 1.31. The van der Waals surface area contributed by atoms with Crippen molar-refractivity contribution in [1.82, 2.24) is 4.98 Å². The van der Waals surface area contributed by atoms with Crippen LogP contribution in [0.4, 0.5) is 5.13 Å². The van der Waals surface area contributed by atoms with Crippen molar-refractivity contribution in [1.29, 1.82) is 0 Å². The molecule has 1 amide bonds. The van der Waals surface area contributed by atoms with Gasteiger partial charge in [0.25, 0.3) is 5.78 Å². The Morgan fingerprint density at radius 1 is 1.10 bits per heavy atom. The lowest BCUT2D eigenvalue weighted by Crippen LogP contribution is -2.29. The SMILES string of the molecule is CCOc1ccc2nc(N3C(=O)C(=O)C(=C(O)c4ccc5c(c4)CC(C)O5)C3c3ccc(CC)cc3)sc2c1. The molecule has 2 aliphatic rings. The van der Waals surface area contributed by atoms with Gasteiger partial charge < -0.3 is 14.6 Å². The largest absolute Gasteiger partial charge is 0.507 e. The van der Waals surface area contributed by atoms with Crippen LogP contribution in [0.25, 0.3) is 16.0 Å². The van der Waals surface area contributed by atoms with E-state index in [4.69, 9.17) is 14.5 Å². The fourth-order valence-corrected chi connectivity index (χ4v) is 6.28. The number of anilines is 1. The van der Waals surface area contributed by atoms with Crippen LogP contribution in [0.1, 0.15) is 49.1 Å². The molecular weight excluding hydrogens is 512 g/mol. The molecule has 3 heterocycles. The summed E-state index contributed by atoms with van der Waals surface area (Å²) in [6.07, 6.45) is 1.61. The second kappa shape index (κ2) is 9.85. The number of amides is 1. The van der Waals surface area contributed by atoms with E-state index in [1.807, 2.05) is 62.4 Å². The van der Waals surface area contributed by atoms with Crippen LogP contribution < -0.4 is 14.4 Å². The van der Waals surface area contributed by atoms with Crippen LogP contribution >= 0.6 is 11.3 Å². The Morgan fingerprint density at radius 3 is 2.64 bits per heavy atom. The van der Waals surface area contributed by atoms with E-state index in [1.54, 1.807) is 12.1 Å². The number of nitrogens with zero attached hydrogens (tertiary/aromatic N) is 2. The lowest BCUT2D eigenvalue weighted by atomic mass is 9.94. The number of Topliss-reactive ketones (excluding diaryl/α,β-unsaturated/α-hetero) is 1. The highest BCUT2D eigenvalue weighted by atomic mass is 32.1. The quantitative estimate of drug-likeness (QED) is 0.178. The first kappa shape index (κ1) is 25.1. The van der Waals surface area contributed by atoms with Gasteiger partial charge in [-0.15, -0.1) is 0 Å². The minimum Gasteiger partial charge on any atom is -0.507 e. The van der Waals surface area contributed by atoms with Crippen LogP contribution in [0.3, 0.4) is 0 Å². The minimum atomic E-state index is -0.828. The third-order valence-electron chi connectivity index (χ3n) is 7.18. The minimum absolute atomic E-state index is 0.0438. The smallest absolute Gasteiger partial charge is 0.301 e. The highest BCUT2D eigenvalue weighted by Crippen LogP contribution is 2.45. The lowest BCUT2D eigenvalue weighted by Gasteiger charge is -2.23. The average Bonchev–Trinajstić information content (AvgIpc) is 3.60. The first-order valence-corrected chi connectivity index (χ1v) is 13.9. The summed E-state index contributed by atoms with van der Waals surface area (Å²) in [6, 6.07) is 17.9. The number of rotatable bonds is 6. The number of ether oxygens (including phenoxy) is 2. The molecule has 2 atom stereocenters. The summed E-state index contributed by atoms with van der Waals surface area (Å²) in [5.74, 6) is -0.182. The summed E-state index contributed by atoms with van der Waals surface area (Å²) in [5, 5.41) is 11.9. The van der Waals surface area contributed by atoms with Gasteiger partial charge in [0, 0.05) is 12.0 Å². The van der Waals surface area contributed by atoms with Gasteiger partial charge in [-0.05, 0) is 73.4 Å². The van der Waals surface area contributed by atoms with Crippen molar-refractivity contribution in [3.63, 3.8) is 0 Å². The van der Waals surface area contributed by atoms with Crippen molar-refractivity contribution < 1.29 is 24.2 Å². The molecule has 0 bridgehead atoms. The number of hydrogen-bond donors (Lipinski definition) is 1. The zero-order valence-electron chi connectivity index (χ0n) is 21.9. The van der Waals surface area contributed by atoms with E-state index in [9.17, 15) is 14.7 Å². The van der Waals surface area contributed by atoms with E-state index in [2.05, 4.69) is 6.92 Å². The number of thiazole rings is 1. The number of ketones is 1. The van der Waals surface area contributed by atoms with Gasteiger partial charge in [0.15, 0.2) is 5.13 Å². The van der Waals surface area contributed by atoms with Gasteiger partial charge in [-0.3, -0.25) is 14.5 Å². The van der Waals surface area contributed by atoms with Crippen LogP contribution in [0.15, 0.2) is 66.2 Å². The van der Waals surface area contributed by atoms with Crippen molar-refractivity contribution in [2.45, 2.75) is 45.8 Å². The fraction of sp³-hybridized carbons (Fsp3) is 0.258. The van der Waals surface area contributed by atoms with Gasteiger partial charge in [0.1, 0.15) is 23.4 Å². The van der Waals surface area contributed by atoms with Gasteiger partial charge in [-0.2, -0.15) is 0 Å². The molecule has 0 aliphatic carbocycles. The van der Waals surface area contributed by atoms with Crippen molar-refractivity contribution >= 4 is 44.1 Å². The van der Waals surface area contributed by atoms with Crippen molar-refractivity contribution in [2.24, 2.45) is 0 Å². The number of fused-ring (bicyclic) bond motifs is 2. The summed E-state index contributed by atoms with van der Waals surface area (Å²) < 4.78 is 12.3. The molecule has 0 saturated carbocycles. The molecule has 198 valence electrons. The predicted octanol–water partition coefficient (Wildman–Crippen LogP) is 6.21. The molecule has 1 N–H and O–H groups in total. The summed E-state index contributed by atoms with van der Waals surface area (Å²) in [7, 11) is 0. The van der Waals surface area contributed by atoms with E-state index in [1.165, 1.54) is 16.2 Å². The Bertz CT molecular complexity index is 1640. The predicted molar refractivity (Wildman–Crippen MR) is 152 cm³/mol. The second-order valence-electron chi connectivity index (χ2n) is 9.78. The van der Waals surface area contributed by atoms with Crippen LogP contribution in [0.5, 0.6) is 11.5 Å². The molecule has 0 radical (unpaired) electrons. The molecule has 2 aliphatic heterocycles. The molecule has 1 saturated heterocycles. The average molecular weight is 541 g/mol. The molecule has 8 heteroatoms. The maximum absolute atomic E-state index is 13.6. The molecule has 3 aromatic carbocycles. The van der Waals surface area contributed by atoms with Crippen LogP contribution in [-0.4, -0.2) is 34.5 Å². The zero-order chi connectivity index (χ0) is 27.3. The molecule has 39 heavy (non-hydrogen) atoms. The number of carbonyl (C=O) groups excluding carboxylic acids is 2. The number of benzene rings is 3. The van der Waals surface area contributed by atoms with Crippen molar-refractivity contribution in [3.8, 4) is 11.5 Å². The van der Waals surface area contributed by atoms with E-state index in [0.717, 1.165) is 33.6 Å². The zero-order valence-corrected chi connectivity index (χ0v) is 22.7. The Kier molecular flexibility index (Phi) is 6.35. The molecule has 4 aromatic rings. The number of aliphatic hydroxyl groups is 1. The standard InChI is InChI=1S/C31H28N2O5S/c1-4-18-6-8-19(9-7-18)27-26(28(34)20-10-13-24-21(15-20)14-17(3)38-24)29(35)30(36)33(27)31-32-23-12-11-22(37-5-2)16-25(23)39-31/h6-13,15-17,27,34H,4-5,14H2,1-3H3. The first-order chi connectivity index (χ1) is 18.9. The Labute approximate surface area is 230 Å². The van der Waals surface area contributed by atoms with Crippen LogP contribution in [-0.2, 0) is 22.4 Å².